The molecule has 0 amide bonds. The molecule has 1 unspecified atom stereocenters. The fourth-order valence-corrected chi connectivity index (χ4v) is 0.263. The zero-order valence-electron chi connectivity index (χ0n) is 7.91. The van der Waals surface area contributed by atoms with E-state index < -0.39 is 6.10 Å². The van der Waals surface area contributed by atoms with E-state index in [2.05, 4.69) is 4.74 Å². The van der Waals surface area contributed by atoms with Crippen LogP contribution in [0.5, 0.6) is 0 Å². The van der Waals surface area contributed by atoms with Crippen LogP contribution in [0.15, 0.2) is 0 Å². The summed E-state index contributed by atoms with van der Waals surface area (Å²) in [5.74, 6) is -0.123. The molecule has 0 aliphatic rings. The Morgan fingerprint density at radius 2 is 1.92 bits per heavy atom. The van der Waals surface area contributed by atoms with Crippen LogP contribution in [0.1, 0.15) is 27.2 Å². The van der Waals surface area contributed by atoms with E-state index in [9.17, 15) is 4.79 Å². The molecule has 4 nitrogen and oxygen atoms in total. The van der Waals surface area contributed by atoms with Gasteiger partial charge in [0.2, 0.25) is 0 Å². The molecule has 0 aromatic carbocycles. The molecule has 0 heterocycles. The summed E-state index contributed by atoms with van der Waals surface area (Å²) < 4.78 is 4.55. The van der Waals surface area contributed by atoms with Gasteiger partial charge in [-0.25, -0.2) is 0 Å². The molecule has 0 saturated carbocycles. The summed E-state index contributed by atoms with van der Waals surface area (Å²) in [6.07, 6.45) is -0.0802. The number of hydrogen-bond acceptors (Lipinski definition) is 4. The average Bonchev–Trinajstić information content (AvgIpc) is 2.06. The van der Waals surface area contributed by atoms with Crippen molar-refractivity contribution in [1.82, 2.24) is 0 Å². The van der Waals surface area contributed by atoms with Gasteiger partial charge in [-0.2, -0.15) is 0 Å². The lowest BCUT2D eigenvalue weighted by atomic mass is 10.5. The van der Waals surface area contributed by atoms with Crippen molar-refractivity contribution in [3.8, 4) is 0 Å². The molecule has 0 aliphatic carbocycles. The van der Waals surface area contributed by atoms with Crippen molar-refractivity contribution in [1.29, 1.82) is 0 Å². The second-order valence-corrected chi connectivity index (χ2v) is 2.19. The highest BCUT2D eigenvalue weighted by atomic mass is 16.5. The van der Waals surface area contributed by atoms with Gasteiger partial charge in [0.1, 0.15) is 0 Å². The van der Waals surface area contributed by atoms with Crippen LogP contribution in [0.25, 0.3) is 0 Å². The van der Waals surface area contributed by atoms with Gasteiger partial charge in [0.05, 0.1) is 19.3 Å². The normalized spacial score (nSPS) is 11.1. The summed E-state index contributed by atoms with van der Waals surface area (Å²) in [6.45, 7) is 5.46. The molecule has 0 rings (SSSR count). The predicted octanol–water partition coefficient (Wildman–Crippen LogP) is 0.319. The predicted molar refractivity (Wildman–Crippen MR) is 45.7 cm³/mol. The number of carbonyl (C=O) groups is 1. The summed E-state index contributed by atoms with van der Waals surface area (Å²) >= 11 is 0. The minimum atomic E-state index is -0.560. The third-order valence-corrected chi connectivity index (χ3v) is 0.858. The monoisotopic (exact) mass is 178 g/mol. The standard InChI is InChI=1S/C5H10O2.C3H8O2/c1-3-5(6)7-4-2;1-3(5)2-4/h3-4H2,1-2H3;3-5H,2H2,1H3. The van der Waals surface area contributed by atoms with Crippen molar-refractivity contribution in [2.24, 2.45) is 0 Å². The van der Waals surface area contributed by atoms with E-state index in [1.165, 1.54) is 6.92 Å². The van der Waals surface area contributed by atoms with Crippen molar-refractivity contribution < 1.29 is 19.7 Å². The number of rotatable bonds is 3. The second-order valence-electron chi connectivity index (χ2n) is 2.19. The van der Waals surface area contributed by atoms with Gasteiger partial charge < -0.3 is 14.9 Å². The summed E-state index contributed by atoms with van der Waals surface area (Å²) in [4.78, 5) is 10.2. The minimum Gasteiger partial charge on any atom is -0.466 e. The van der Waals surface area contributed by atoms with Crippen molar-refractivity contribution in [3.05, 3.63) is 0 Å². The molecule has 0 aromatic heterocycles. The smallest absolute Gasteiger partial charge is 0.305 e. The largest absolute Gasteiger partial charge is 0.466 e. The Morgan fingerprint density at radius 1 is 1.50 bits per heavy atom. The van der Waals surface area contributed by atoms with Crippen molar-refractivity contribution in [2.45, 2.75) is 33.3 Å². The molecular weight excluding hydrogens is 160 g/mol. The Morgan fingerprint density at radius 3 is 2.00 bits per heavy atom. The lowest BCUT2D eigenvalue weighted by Crippen LogP contribution is -2.03. The van der Waals surface area contributed by atoms with Crippen LogP contribution in [0.4, 0.5) is 0 Å². The lowest BCUT2D eigenvalue weighted by molar-refractivity contribution is -0.142. The van der Waals surface area contributed by atoms with Crippen LogP contribution in [-0.2, 0) is 9.53 Å². The van der Waals surface area contributed by atoms with Crippen LogP contribution >= 0.6 is 0 Å². The first-order valence-electron chi connectivity index (χ1n) is 4.02. The van der Waals surface area contributed by atoms with Gasteiger partial charge in [-0.15, -0.1) is 0 Å². The van der Waals surface area contributed by atoms with E-state index >= 15 is 0 Å². The maximum absolute atomic E-state index is 10.2. The first-order chi connectivity index (χ1) is 5.58. The number of aliphatic hydroxyl groups excluding tert-OH is 2. The molecule has 2 N–H and O–H groups in total. The molecule has 4 heteroatoms. The average molecular weight is 178 g/mol. The van der Waals surface area contributed by atoms with E-state index in [0.29, 0.717) is 13.0 Å². The highest BCUT2D eigenvalue weighted by Crippen LogP contribution is 1.80. The van der Waals surface area contributed by atoms with E-state index in [4.69, 9.17) is 10.2 Å². The van der Waals surface area contributed by atoms with Crippen LogP contribution in [-0.4, -0.2) is 35.5 Å². The topological polar surface area (TPSA) is 66.8 Å². The van der Waals surface area contributed by atoms with Gasteiger partial charge in [-0.05, 0) is 13.8 Å². The molecular formula is C8H18O4. The van der Waals surface area contributed by atoms with Crippen molar-refractivity contribution >= 4 is 5.97 Å². The zero-order valence-corrected chi connectivity index (χ0v) is 7.91. The minimum absolute atomic E-state index is 0.123. The molecule has 74 valence electrons. The molecule has 12 heavy (non-hydrogen) atoms. The van der Waals surface area contributed by atoms with Gasteiger partial charge in [0.25, 0.3) is 0 Å². The van der Waals surface area contributed by atoms with Gasteiger partial charge in [0.15, 0.2) is 0 Å². The first-order valence-corrected chi connectivity index (χ1v) is 4.02. The van der Waals surface area contributed by atoms with Gasteiger partial charge >= 0.3 is 5.97 Å². The third kappa shape index (κ3) is 16.2. The number of aliphatic hydroxyl groups is 2. The summed E-state index contributed by atoms with van der Waals surface area (Å²) in [5.41, 5.74) is 0. The maximum atomic E-state index is 10.2. The molecule has 0 bridgehead atoms. The van der Waals surface area contributed by atoms with Crippen LogP contribution in [0, 0.1) is 0 Å². The highest BCUT2D eigenvalue weighted by molar-refractivity contribution is 5.68. The Balaban J connectivity index is 0. The van der Waals surface area contributed by atoms with E-state index in [-0.39, 0.29) is 12.6 Å². The quantitative estimate of drug-likeness (QED) is 0.611. The number of ether oxygens (including phenoxy) is 1. The number of carbonyl (C=O) groups excluding carboxylic acids is 1. The first kappa shape index (κ1) is 13.9. The number of esters is 1. The summed E-state index contributed by atoms with van der Waals surface area (Å²) in [5, 5.41) is 16.0. The van der Waals surface area contributed by atoms with E-state index in [1.54, 1.807) is 13.8 Å². The fourth-order valence-electron chi connectivity index (χ4n) is 0.263. The molecule has 0 saturated heterocycles. The van der Waals surface area contributed by atoms with Crippen LogP contribution in [0.3, 0.4) is 0 Å². The molecule has 0 aliphatic heterocycles. The Labute approximate surface area is 73.2 Å². The van der Waals surface area contributed by atoms with Crippen molar-refractivity contribution in [3.63, 3.8) is 0 Å². The fraction of sp³-hybridized carbons (Fsp3) is 0.875. The van der Waals surface area contributed by atoms with E-state index in [0.717, 1.165) is 0 Å². The Kier molecular flexibility index (Phi) is 12.1. The van der Waals surface area contributed by atoms with Gasteiger partial charge in [-0.1, -0.05) is 6.92 Å². The summed E-state index contributed by atoms with van der Waals surface area (Å²) in [6, 6.07) is 0. The van der Waals surface area contributed by atoms with Crippen LogP contribution in [0.2, 0.25) is 0 Å². The van der Waals surface area contributed by atoms with Gasteiger partial charge in [-0.3, -0.25) is 4.79 Å². The number of hydrogen-bond donors (Lipinski definition) is 2. The van der Waals surface area contributed by atoms with Crippen LogP contribution < -0.4 is 0 Å². The van der Waals surface area contributed by atoms with E-state index in [1.807, 2.05) is 0 Å². The maximum Gasteiger partial charge on any atom is 0.305 e. The van der Waals surface area contributed by atoms with Gasteiger partial charge in [0, 0.05) is 6.42 Å². The second kappa shape index (κ2) is 10.4. The molecule has 1 atom stereocenters. The summed E-state index contributed by atoms with van der Waals surface area (Å²) in [7, 11) is 0. The highest BCUT2D eigenvalue weighted by Gasteiger charge is 1.91. The lowest BCUT2D eigenvalue weighted by Gasteiger charge is -1.93. The molecule has 0 fully saturated rings. The van der Waals surface area contributed by atoms with Crippen molar-refractivity contribution in [2.75, 3.05) is 13.2 Å². The SMILES string of the molecule is CC(O)CO.CCOC(=O)CC. The zero-order chi connectivity index (χ0) is 9.98. The molecule has 0 radical (unpaired) electrons. The Bertz CT molecular complexity index is 101. The third-order valence-electron chi connectivity index (χ3n) is 0.858. The molecule has 0 spiro atoms. The molecule has 0 aromatic rings. The Hall–Kier alpha value is -0.610.